The van der Waals surface area contributed by atoms with Gasteiger partial charge in [0.15, 0.2) is 0 Å². The molecule has 1 rings (SSSR count). The highest BCUT2D eigenvalue weighted by Gasteiger charge is 2.09. The first kappa shape index (κ1) is 11.4. The monoisotopic (exact) mass is 217 g/mol. The predicted octanol–water partition coefficient (Wildman–Crippen LogP) is 1.42. The molecule has 0 spiro atoms. The molecule has 16 heavy (non-hydrogen) atoms. The lowest BCUT2D eigenvalue weighted by Crippen LogP contribution is -1.97. The fourth-order valence-electron chi connectivity index (χ4n) is 1.03. The van der Waals surface area contributed by atoms with E-state index in [1.165, 1.54) is 18.2 Å². The second kappa shape index (κ2) is 5.26. The molecule has 80 valence electrons. The van der Waals surface area contributed by atoms with Gasteiger partial charge in [-0.3, -0.25) is 4.99 Å². The summed E-state index contributed by atoms with van der Waals surface area (Å²) in [5.41, 5.74) is 0.347. The molecule has 0 amide bonds. The van der Waals surface area contributed by atoms with Crippen LogP contribution in [0.4, 0.5) is 5.69 Å². The van der Waals surface area contributed by atoms with Gasteiger partial charge in [0.25, 0.3) is 0 Å². The highest BCUT2D eigenvalue weighted by Crippen LogP contribution is 2.20. The number of rotatable bonds is 3. The fourth-order valence-corrected chi connectivity index (χ4v) is 1.03. The van der Waals surface area contributed by atoms with Crippen LogP contribution >= 0.6 is 0 Å². The molecule has 6 nitrogen and oxygen atoms in total. The average Bonchev–Trinajstić information content (AvgIpc) is 2.29. The Morgan fingerprint density at radius 1 is 1.44 bits per heavy atom. The van der Waals surface area contributed by atoms with Crippen LogP contribution in [0.2, 0.25) is 0 Å². The summed E-state index contributed by atoms with van der Waals surface area (Å²) in [6, 6.07) is 5.92. The number of benzene rings is 1. The van der Waals surface area contributed by atoms with E-state index in [4.69, 9.17) is 15.6 Å². The van der Waals surface area contributed by atoms with Gasteiger partial charge in [0.1, 0.15) is 0 Å². The Morgan fingerprint density at radius 2 is 2.19 bits per heavy atom. The minimum atomic E-state index is -1.18. The van der Waals surface area contributed by atoms with E-state index in [0.29, 0.717) is 0 Å². The molecule has 0 aromatic heterocycles. The first-order valence-electron chi connectivity index (χ1n) is 4.16. The molecule has 0 unspecified atom stereocenters. The van der Waals surface area contributed by atoms with Gasteiger partial charge in [-0.2, -0.15) is 5.26 Å². The van der Waals surface area contributed by atoms with Gasteiger partial charge in [0, 0.05) is 6.21 Å². The lowest BCUT2D eigenvalue weighted by atomic mass is 10.1. The van der Waals surface area contributed by atoms with E-state index < -0.39 is 5.97 Å². The maximum Gasteiger partial charge on any atom is 0.337 e. The van der Waals surface area contributed by atoms with Gasteiger partial charge in [0.05, 0.1) is 29.1 Å². The van der Waals surface area contributed by atoms with Crippen molar-refractivity contribution in [2.75, 3.05) is 0 Å². The number of carboxylic acid groups (broad SMARTS) is 1. The Bertz CT molecular complexity index is 501. The number of oxime groups is 1. The van der Waals surface area contributed by atoms with E-state index >= 15 is 0 Å². The van der Waals surface area contributed by atoms with Crippen molar-refractivity contribution in [3.63, 3.8) is 0 Å². The van der Waals surface area contributed by atoms with Crippen LogP contribution in [0.15, 0.2) is 28.3 Å². The summed E-state index contributed by atoms with van der Waals surface area (Å²) >= 11 is 0. The summed E-state index contributed by atoms with van der Waals surface area (Å²) in [5, 5.41) is 28.3. The molecule has 1 aromatic carbocycles. The summed E-state index contributed by atoms with van der Waals surface area (Å²) in [4.78, 5) is 14.6. The Kier molecular flexibility index (Phi) is 3.75. The zero-order valence-electron chi connectivity index (χ0n) is 8.03. The number of carboxylic acids is 1. The molecule has 6 heteroatoms. The molecule has 1 aromatic rings. The van der Waals surface area contributed by atoms with E-state index in [0.717, 1.165) is 12.4 Å². The highest BCUT2D eigenvalue weighted by molar-refractivity contribution is 6.16. The standard InChI is InChI=1S/C10H7N3O3/c11-6-7-1-2-9(12-3-4-13-16)8(5-7)10(14)15/h1-5,16H,(H,14,15). The first-order valence-corrected chi connectivity index (χ1v) is 4.16. The minimum absolute atomic E-state index is 0.0818. The SMILES string of the molecule is N#Cc1ccc(N=CC=NO)c(C(=O)O)c1. The van der Waals surface area contributed by atoms with Crippen LogP contribution in [0, 0.1) is 11.3 Å². The predicted molar refractivity (Wildman–Crippen MR) is 56.5 cm³/mol. The van der Waals surface area contributed by atoms with Crippen LogP contribution < -0.4 is 0 Å². The maximum atomic E-state index is 10.9. The third-order valence-corrected chi connectivity index (χ3v) is 1.70. The molecule has 0 aliphatic heterocycles. The molecule has 0 heterocycles. The van der Waals surface area contributed by atoms with Crippen LogP contribution in [0.1, 0.15) is 15.9 Å². The molecule has 0 atom stereocenters. The van der Waals surface area contributed by atoms with Crippen molar-refractivity contribution >= 4 is 24.1 Å². The normalized spacial score (nSPS) is 10.7. The average molecular weight is 217 g/mol. The van der Waals surface area contributed by atoms with Crippen molar-refractivity contribution in [3.05, 3.63) is 29.3 Å². The van der Waals surface area contributed by atoms with E-state index in [2.05, 4.69) is 10.1 Å². The Hall–Kier alpha value is -2.68. The first-order chi connectivity index (χ1) is 7.69. The van der Waals surface area contributed by atoms with Crippen molar-refractivity contribution < 1.29 is 15.1 Å². The summed E-state index contributed by atoms with van der Waals surface area (Å²) in [6.45, 7) is 0. The van der Waals surface area contributed by atoms with Crippen molar-refractivity contribution in [1.29, 1.82) is 5.26 Å². The number of aliphatic imine (C=N–C) groups is 1. The fraction of sp³-hybridized carbons (Fsp3) is 0. The molecule has 0 saturated heterocycles. The van der Waals surface area contributed by atoms with Crippen LogP contribution in [-0.4, -0.2) is 28.7 Å². The van der Waals surface area contributed by atoms with Gasteiger partial charge in [-0.1, -0.05) is 5.16 Å². The quantitative estimate of drug-likeness (QED) is 0.453. The highest BCUT2D eigenvalue weighted by atomic mass is 16.4. The largest absolute Gasteiger partial charge is 0.478 e. The molecule has 0 saturated carbocycles. The molecule has 0 aliphatic rings. The summed E-state index contributed by atoms with van der Waals surface area (Å²) < 4.78 is 0. The van der Waals surface area contributed by atoms with Gasteiger partial charge in [-0.05, 0) is 18.2 Å². The number of hydrogen-bond acceptors (Lipinski definition) is 5. The third kappa shape index (κ3) is 2.65. The van der Waals surface area contributed by atoms with Gasteiger partial charge in [0.2, 0.25) is 0 Å². The van der Waals surface area contributed by atoms with Crippen LogP contribution in [0.3, 0.4) is 0 Å². The molecule has 0 bridgehead atoms. The van der Waals surface area contributed by atoms with E-state index in [1.54, 1.807) is 0 Å². The topological polar surface area (TPSA) is 106 Å². The third-order valence-electron chi connectivity index (χ3n) is 1.70. The Morgan fingerprint density at radius 3 is 2.75 bits per heavy atom. The van der Waals surface area contributed by atoms with Crippen molar-refractivity contribution in [2.45, 2.75) is 0 Å². The van der Waals surface area contributed by atoms with Crippen LogP contribution in [-0.2, 0) is 0 Å². The smallest absolute Gasteiger partial charge is 0.337 e. The van der Waals surface area contributed by atoms with E-state index in [1.807, 2.05) is 6.07 Å². The number of hydrogen-bond donors (Lipinski definition) is 2. The zero-order valence-corrected chi connectivity index (χ0v) is 8.03. The van der Waals surface area contributed by atoms with E-state index in [9.17, 15) is 4.79 Å². The summed E-state index contributed by atoms with van der Waals surface area (Å²) in [7, 11) is 0. The van der Waals surface area contributed by atoms with Crippen molar-refractivity contribution in [1.82, 2.24) is 0 Å². The van der Waals surface area contributed by atoms with Crippen LogP contribution in [0.5, 0.6) is 0 Å². The van der Waals surface area contributed by atoms with Gasteiger partial charge in [-0.25, -0.2) is 4.79 Å². The molecule has 2 N–H and O–H groups in total. The Labute approximate surface area is 90.8 Å². The summed E-state index contributed by atoms with van der Waals surface area (Å²) in [6.07, 6.45) is 2.15. The molecular weight excluding hydrogens is 210 g/mol. The van der Waals surface area contributed by atoms with Crippen molar-refractivity contribution in [3.8, 4) is 6.07 Å². The number of nitriles is 1. The maximum absolute atomic E-state index is 10.9. The summed E-state index contributed by atoms with van der Waals surface area (Å²) in [5.74, 6) is -1.18. The number of aromatic carboxylic acids is 1. The molecule has 0 fully saturated rings. The van der Waals surface area contributed by atoms with E-state index in [-0.39, 0.29) is 16.8 Å². The lowest BCUT2D eigenvalue weighted by molar-refractivity contribution is 0.0698. The second-order valence-electron chi connectivity index (χ2n) is 2.69. The number of nitrogens with zero attached hydrogens (tertiary/aromatic N) is 3. The lowest BCUT2D eigenvalue weighted by Gasteiger charge is -1.99. The molecule has 0 radical (unpaired) electrons. The second-order valence-corrected chi connectivity index (χ2v) is 2.69. The molecule has 0 aliphatic carbocycles. The Balaban J connectivity index is 3.19. The van der Waals surface area contributed by atoms with Gasteiger partial charge >= 0.3 is 5.97 Å². The number of carbonyl (C=O) groups is 1. The minimum Gasteiger partial charge on any atom is -0.478 e. The molecular formula is C10H7N3O3. The van der Waals surface area contributed by atoms with Crippen LogP contribution in [0.25, 0.3) is 0 Å². The zero-order chi connectivity index (χ0) is 12.0. The van der Waals surface area contributed by atoms with Gasteiger partial charge in [-0.15, -0.1) is 0 Å². The van der Waals surface area contributed by atoms with Gasteiger partial charge < -0.3 is 10.3 Å². The van der Waals surface area contributed by atoms with Crippen molar-refractivity contribution in [2.24, 2.45) is 10.1 Å².